The molecule has 1 saturated carbocycles. The van der Waals surface area contributed by atoms with Crippen molar-refractivity contribution in [3.8, 4) is 0 Å². The van der Waals surface area contributed by atoms with Gasteiger partial charge in [-0.05, 0) is 36.3 Å². The van der Waals surface area contributed by atoms with Crippen molar-refractivity contribution in [3.63, 3.8) is 0 Å². The highest BCUT2D eigenvalue weighted by Gasteiger charge is 2.43. The molecule has 88 valence electrons. The lowest BCUT2D eigenvalue weighted by Crippen LogP contribution is -2.17. The third-order valence-corrected chi connectivity index (χ3v) is 3.00. The Labute approximate surface area is 91.2 Å². The highest BCUT2D eigenvalue weighted by molar-refractivity contribution is 5.23. The van der Waals surface area contributed by atoms with Crippen LogP contribution < -0.4 is 5.90 Å². The highest BCUT2D eigenvalue weighted by atomic mass is 19.2. The third-order valence-electron chi connectivity index (χ3n) is 3.00. The standard InChI is InChI=1S/C11H12F3NO/c12-8-4-10(14)9(13)3-7(8)5-11(1-2-11)6-16-15/h3-4H,1-2,5-6,15H2. The monoisotopic (exact) mass is 231 g/mol. The molecule has 1 aliphatic rings. The van der Waals surface area contributed by atoms with Crippen LogP contribution in [0.25, 0.3) is 0 Å². The van der Waals surface area contributed by atoms with Crippen molar-refractivity contribution in [3.05, 3.63) is 35.1 Å². The molecule has 5 heteroatoms. The summed E-state index contributed by atoms with van der Waals surface area (Å²) in [6.07, 6.45) is 2.05. The van der Waals surface area contributed by atoms with E-state index in [0.717, 1.165) is 18.9 Å². The Balaban J connectivity index is 2.18. The van der Waals surface area contributed by atoms with Gasteiger partial charge in [-0.2, -0.15) is 0 Å². The summed E-state index contributed by atoms with van der Waals surface area (Å²) in [6.45, 7) is 0.311. The van der Waals surface area contributed by atoms with Crippen molar-refractivity contribution in [1.29, 1.82) is 0 Å². The Kier molecular flexibility index (Phi) is 2.90. The summed E-state index contributed by atoms with van der Waals surface area (Å²) >= 11 is 0. The summed E-state index contributed by atoms with van der Waals surface area (Å²) in [6, 6.07) is 1.48. The average Bonchev–Trinajstić information content (AvgIpc) is 2.95. The minimum Gasteiger partial charge on any atom is -0.304 e. The SMILES string of the molecule is NOCC1(Cc2cc(F)c(F)cc2F)CC1. The van der Waals surface area contributed by atoms with Crippen LogP contribution >= 0.6 is 0 Å². The Morgan fingerprint density at radius 2 is 1.75 bits per heavy atom. The first-order valence-corrected chi connectivity index (χ1v) is 5.01. The number of hydrogen-bond acceptors (Lipinski definition) is 2. The van der Waals surface area contributed by atoms with E-state index in [9.17, 15) is 13.2 Å². The van der Waals surface area contributed by atoms with Gasteiger partial charge in [0.05, 0.1) is 6.61 Å². The van der Waals surface area contributed by atoms with Gasteiger partial charge in [-0.3, -0.25) is 0 Å². The van der Waals surface area contributed by atoms with E-state index < -0.39 is 17.5 Å². The fourth-order valence-electron chi connectivity index (χ4n) is 1.83. The molecule has 0 spiro atoms. The molecule has 2 N–H and O–H groups in total. The van der Waals surface area contributed by atoms with E-state index in [0.29, 0.717) is 19.1 Å². The summed E-state index contributed by atoms with van der Waals surface area (Å²) in [5.41, 5.74) is -0.0201. The van der Waals surface area contributed by atoms with E-state index in [-0.39, 0.29) is 11.0 Å². The summed E-state index contributed by atoms with van der Waals surface area (Å²) in [4.78, 5) is 4.54. The second kappa shape index (κ2) is 4.07. The molecule has 0 bridgehead atoms. The van der Waals surface area contributed by atoms with Crippen LogP contribution in [0.3, 0.4) is 0 Å². The topological polar surface area (TPSA) is 35.2 Å². The summed E-state index contributed by atoms with van der Waals surface area (Å²) < 4.78 is 39.0. The van der Waals surface area contributed by atoms with Crippen molar-refractivity contribution < 1.29 is 18.0 Å². The summed E-state index contributed by atoms with van der Waals surface area (Å²) in [5.74, 6) is 2.06. The Hall–Kier alpha value is -1.07. The molecular formula is C11H12F3NO. The number of hydrogen-bond donors (Lipinski definition) is 1. The number of benzene rings is 1. The van der Waals surface area contributed by atoms with E-state index in [1.165, 1.54) is 0 Å². The minimum atomic E-state index is -1.17. The summed E-state index contributed by atoms with van der Waals surface area (Å²) in [5, 5.41) is 0. The lowest BCUT2D eigenvalue weighted by molar-refractivity contribution is 0.0912. The van der Waals surface area contributed by atoms with Gasteiger partial charge in [0.15, 0.2) is 11.6 Å². The van der Waals surface area contributed by atoms with Crippen molar-refractivity contribution in [2.45, 2.75) is 19.3 Å². The minimum absolute atomic E-state index is 0.174. The van der Waals surface area contributed by atoms with Gasteiger partial charge in [-0.1, -0.05) is 0 Å². The molecule has 0 atom stereocenters. The van der Waals surface area contributed by atoms with Crippen LogP contribution in [0.2, 0.25) is 0 Å². The molecule has 0 unspecified atom stereocenters. The molecule has 1 fully saturated rings. The molecule has 0 aliphatic heterocycles. The quantitative estimate of drug-likeness (QED) is 0.637. The first-order chi connectivity index (χ1) is 7.56. The maximum absolute atomic E-state index is 13.4. The van der Waals surface area contributed by atoms with Crippen LogP contribution in [0.1, 0.15) is 18.4 Å². The van der Waals surface area contributed by atoms with Crippen LogP contribution in [0, 0.1) is 22.9 Å². The van der Waals surface area contributed by atoms with E-state index in [2.05, 4.69) is 4.84 Å². The predicted octanol–water partition coefficient (Wildman–Crippen LogP) is 2.32. The Morgan fingerprint density at radius 3 is 2.31 bits per heavy atom. The van der Waals surface area contributed by atoms with Gasteiger partial charge in [-0.25, -0.2) is 19.1 Å². The zero-order chi connectivity index (χ0) is 11.8. The van der Waals surface area contributed by atoms with Gasteiger partial charge in [-0.15, -0.1) is 0 Å². The molecule has 0 amide bonds. The van der Waals surface area contributed by atoms with E-state index in [1.807, 2.05) is 0 Å². The van der Waals surface area contributed by atoms with Crippen LogP contribution in [0.15, 0.2) is 12.1 Å². The fraction of sp³-hybridized carbons (Fsp3) is 0.455. The van der Waals surface area contributed by atoms with Crippen molar-refractivity contribution in [2.24, 2.45) is 11.3 Å². The van der Waals surface area contributed by atoms with E-state index in [4.69, 9.17) is 5.90 Å². The molecule has 0 heterocycles. The molecule has 0 radical (unpaired) electrons. The molecule has 16 heavy (non-hydrogen) atoms. The second-order valence-electron chi connectivity index (χ2n) is 4.35. The van der Waals surface area contributed by atoms with E-state index >= 15 is 0 Å². The fourth-order valence-corrected chi connectivity index (χ4v) is 1.83. The van der Waals surface area contributed by atoms with Gasteiger partial charge in [0.25, 0.3) is 0 Å². The second-order valence-corrected chi connectivity index (χ2v) is 4.35. The maximum atomic E-state index is 13.4. The van der Waals surface area contributed by atoms with Crippen molar-refractivity contribution in [1.82, 2.24) is 0 Å². The first kappa shape index (κ1) is 11.4. The Bertz CT molecular complexity index is 404. The molecule has 1 aliphatic carbocycles. The zero-order valence-corrected chi connectivity index (χ0v) is 8.60. The smallest absolute Gasteiger partial charge is 0.161 e. The van der Waals surface area contributed by atoms with Gasteiger partial charge in [0.2, 0.25) is 0 Å². The third kappa shape index (κ3) is 2.20. The van der Waals surface area contributed by atoms with Crippen molar-refractivity contribution >= 4 is 0 Å². The molecular weight excluding hydrogens is 219 g/mol. The number of halogens is 3. The number of rotatable bonds is 4. The normalized spacial score (nSPS) is 17.5. The lowest BCUT2D eigenvalue weighted by Gasteiger charge is -2.14. The summed E-state index contributed by atoms with van der Waals surface area (Å²) in [7, 11) is 0. The highest BCUT2D eigenvalue weighted by Crippen LogP contribution is 2.48. The van der Waals surface area contributed by atoms with Crippen LogP contribution in [-0.4, -0.2) is 6.61 Å². The molecule has 0 aromatic heterocycles. The Morgan fingerprint density at radius 1 is 1.12 bits per heavy atom. The molecule has 2 nitrogen and oxygen atoms in total. The predicted molar refractivity (Wildman–Crippen MR) is 51.8 cm³/mol. The molecule has 0 saturated heterocycles. The first-order valence-electron chi connectivity index (χ1n) is 5.01. The van der Waals surface area contributed by atoms with Crippen LogP contribution in [0.4, 0.5) is 13.2 Å². The van der Waals surface area contributed by atoms with Gasteiger partial charge in [0, 0.05) is 6.07 Å². The van der Waals surface area contributed by atoms with Gasteiger partial charge in [0.1, 0.15) is 5.82 Å². The molecule has 1 aromatic rings. The van der Waals surface area contributed by atoms with Crippen molar-refractivity contribution in [2.75, 3.05) is 6.61 Å². The van der Waals surface area contributed by atoms with Crippen LogP contribution in [0.5, 0.6) is 0 Å². The molecule has 2 rings (SSSR count). The average molecular weight is 231 g/mol. The zero-order valence-electron chi connectivity index (χ0n) is 8.60. The van der Waals surface area contributed by atoms with E-state index in [1.54, 1.807) is 0 Å². The van der Waals surface area contributed by atoms with Gasteiger partial charge >= 0.3 is 0 Å². The lowest BCUT2D eigenvalue weighted by atomic mass is 9.97. The number of nitrogens with two attached hydrogens (primary N) is 1. The molecule has 1 aromatic carbocycles. The van der Waals surface area contributed by atoms with Crippen LogP contribution in [-0.2, 0) is 11.3 Å². The largest absolute Gasteiger partial charge is 0.304 e. The van der Waals surface area contributed by atoms with Gasteiger partial charge < -0.3 is 4.84 Å². The maximum Gasteiger partial charge on any atom is 0.161 e.